The molecule has 1 aromatic carbocycles. The minimum atomic E-state index is -2.96. The van der Waals surface area contributed by atoms with E-state index >= 15 is 0 Å². The first-order valence-corrected chi connectivity index (χ1v) is 11.3. The van der Waals surface area contributed by atoms with E-state index in [1.165, 1.54) is 0 Å². The van der Waals surface area contributed by atoms with Crippen molar-refractivity contribution in [2.45, 2.75) is 18.6 Å². The highest BCUT2D eigenvalue weighted by Crippen LogP contribution is 2.41. The molecular weight excluding hydrogens is 292 g/mol. The topological polar surface area (TPSA) is 46.2 Å². The Labute approximate surface area is 122 Å². The molecule has 0 radical (unpaired) electrons. The van der Waals surface area contributed by atoms with Crippen LogP contribution in [0.5, 0.6) is 0 Å². The molecule has 7 heteroatoms. The van der Waals surface area contributed by atoms with Crippen LogP contribution in [0.4, 0.5) is 0 Å². The maximum atomic E-state index is 6.26. The Kier molecular flexibility index (Phi) is 5.13. The number of hydrogen-bond acceptors (Lipinski definition) is 5. The molecule has 0 saturated carbocycles. The maximum Gasteiger partial charge on any atom is 0.539 e. The third kappa shape index (κ3) is 2.50. The molecule has 0 spiro atoms. The normalized spacial score (nSPS) is 24.5. The van der Waals surface area contributed by atoms with Gasteiger partial charge in [-0.2, -0.15) is 0 Å². The van der Waals surface area contributed by atoms with E-state index in [2.05, 4.69) is 12.1 Å². The van der Waals surface area contributed by atoms with E-state index < -0.39 is 16.4 Å². The second-order valence-electron chi connectivity index (χ2n) is 4.68. The summed E-state index contributed by atoms with van der Waals surface area (Å²) in [7, 11) is 0.962. The lowest BCUT2D eigenvalue weighted by molar-refractivity contribution is 0.0386. The van der Waals surface area contributed by atoms with Crippen LogP contribution < -0.4 is 0 Å². The molecule has 1 unspecified atom stereocenters. The van der Waals surface area contributed by atoms with Gasteiger partial charge in [-0.25, -0.2) is 0 Å². The Hall–Kier alpha value is -0.546. The van der Waals surface area contributed by atoms with Gasteiger partial charge in [0, 0.05) is 28.4 Å². The Balaban J connectivity index is 2.31. The number of rotatable bonds is 5. The SMILES string of the molecule is CO[Si]1(OC)CCC(c2ccccc2)O[Si]1(OC)OC. The molecular formula is C13H22O5Si2. The minimum absolute atomic E-state index is 0.0336. The van der Waals surface area contributed by atoms with Gasteiger partial charge < -0.3 is 22.1 Å². The van der Waals surface area contributed by atoms with Crippen LogP contribution in [0, 0.1) is 0 Å². The highest BCUT2D eigenvalue weighted by atomic mass is 29.3. The van der Waals surface area contributed by atoms with Crippen molar-refractivity contribution in [3.8, 4) is 0 Å². The molecule has 112 valence electrons. The summed E-state index contributed by atoms with van der Waals surface area (Å²) in [6.45, 7) is 0. The molecule has 0 amide bonds. The first-order valence-electron chi connectivity index (χ1n) is 6.60. The lowest BCUT2D eigenvalue weighted by Crippen LogP contribution is -2.72. The van der Waals surface area contributed by atoms with E-state index in [9.17, 15) is 0 Å². The Morgan fingerprint density at radius 1 is 0.950 bits per heavy atom. The van der Waals surface area contributed by atoms with Crippen molar-refractivity contribution in [2.24, 2.45) is 0 Å². The zero-order valence-electron chi connectivity index (χ0n) is 12.4. The summed E-state index contributed by atoms with van der Waals surface area (Å²) in [6.07, 6.45) is 0.813. The van der Waals surface area contributed by atoms with Gasteiger partial charge in [0.05, 0.1) is 6.10 Å². The predicted molar refractivity (Wildman–Crippen MR) is 79.2 cm³/mol. The lowest BCUT2D eigenvalue weighted by atomic mass is 10.1. The van der Waals surface area contributed by atoms with Crippen molar-refractivity contribution in [1.29, 1.82) is 0 Å². The summed E-state index contributed by atoms with van der Waals surface area (Å²) in [5.41, 5.74) is 1.13. The fourth-order valence-electron chi connectivity index (χ4n) is 2.74. The zero-order chi connectivity index (χ0) is 14.6. The van der Waals surface area contributed by atoms with E-state index in [1.807, 2.05) is 18.2 Å². The van der Waals surface area contributed by atoms with Crippen molar-refractivity contribution in [3.05, 3.63) is 35.9 Å². The van der Waals surface area contributed by atoms with Crippen LogP contribution in [0.25, 0.3) is 0 Å². The fourth-order valence-corrected chi connectivity index (χ4v) is 12.2. The van der Waals surface area contributed by atoms with Crippen molar-refractivity contribution >= 4 is 16.4 Å². The molecule has 1 saturated heterocycles. The molecule has 0 N–H and O–H groups in total. The lowest BCUT2D eigenvalue weighted by Gasteiger charge is -2.45. The van der Waals surface area contributed by atoms with Crippen molar-refractivity contribution < 1.29 is 22.1 Å². The van der Waals surface area contributed by atoms with Gasteiger partial charge in [-0.05, 0) is 18.0 Å². The largest absolute Gasteiger partial charge is 0.539 e. The predicted octanol–water partition coefficient (Wildman–Crippen LogP) is 2.19. The number of benzene rings is 1. The monoisotopic (exact) mass is 314 g/mol. The van der Waals surface area contributed by atoms with Gasteiger partial charge in [0.15, 0.2) is 0 Å². The molecule has 0 aliphatic carbocycles. The van der Waals surface area contributed by atoms with E-state index in [0.717, 1.165) is 18.0 Å². The minimum Gasteiger partial charge on any atom is -0.395 e. The summed E-state index contributed by atoms with van der Waals surface area (Å²) in [4.78, 5) is 0. The van der Waals surface area contributed by atoms with Gasteiger partial charge in [0.2, 0.25) is 0 Å². The molecule has 1 aromatic rings. The molecule has 2 rings (SSSR count). The molecule has 1 aliphatic rings. The molecule has 1 fully saturated rings. The highest BCUT2D eigenvalue weighted by Gasteiger charge is 2.69. The third-order valence-electron chi connectivity index (χ3n) is 3.87. The molecule has 0 aromatic heterocycles. The van der Waals surface area contributed by atoms with Gasteiger partial charge in [0.25, 0.3) is 0 Å². The van der Waals surface area contributed by atoms with Gasteiger partial charge in [-0.15, -0.1) is 0 Å². The molecule has 5 nitrogen and oxygen atoms in total. The second-order valence-corrected chi connectivity index (χ2v) is 13.8. The van der Waals surface area contributed by atoms with Gasteiger partial charge in [-0.1, -0.05) is 30.3 Å². The van der Waals surface area contributed by atoms with Crippen LogP contribution in [0.2, 0.25) is 6.04 Å². The average molecular weight is 314 g/mol. The Morgan fingerprint density at radius 3 is 2.05 bits per heavy atom. The third-order valence-corrected chi connectivity index (χ3v) is 15.1. The average Bonchev–Trinajstić information content (AvgIpc) is 2.54. The molecule has 1 heterocycles. The smallest absolute Gasteiger partial charge is 0.395 e. The molecule has 20 heavy (non-hydrogen) atoms. The maximum absolute atomic E-state index is 6.26. The van der Waals surface area contributed by atoms with E-state index in [4.69, 9.17) is 22.1 Å². The quantitative estimate of drug-likeness (QED) is 0.780. The summed E-state index contributed by atoms with van der Waals surface area (Å²) in [5.74, 6) is 0. The van der Waals surface area contributed by atoms with E-state index in [-0.39, 0.29) is 6.10 Å². The molecule has 0 bridgehead atoms. The van der Waals surface area contributed by atoms with Crippen LogP contribution in [-0.2, 0) is 22.1 Å². The van der Waals surface area contributed by atoms with E-state index in [1.54, 1.807) is 28.4 Å². The zero-order valence-corrected chi connectivity index (χ0v) is 14.4. The second kappa shape index (κ2) is 6.48. The van der Waals surface area contributed by atoms with Crippen LogP contribution in [0.3, 0.4) is 0 Å². The first kappa shape index (κ1) is 15.8. The molecule has 1 atom stereocenters. The van der Waals surface area contributed by atoms with Crippen LogP contribution >= 0.6 is 0 Å². The molecule has 1 aliphatic heterocycles. The van der Waals surface area contributed by atoms with Crippen LogP contribution in [0.1, 0.15) is 18.1 Å². The van der Waals surface area contributed by atoms with Crippen LogP contribution in [0.15, 0.2) is 30.3 Å². The van der Waals surface area contributed by atoms with Gasteiger partial charge in [-0.3, -0.25) is 0 Å². The van der Waals surface area contributed by atoms with Crippen molar-refractivity contribution in [3.63, 3.8) is 0 Å². The van der Waals surface area contributed by atoms with Crippen molar-refractivity contribution in [2.75, 3.05) is 28.4 Å². The summed E-state index contributed by atoms with van der Waals surface area (Å²) in [5, 5.41) is 0. The first-order chi connectivity index (χ1) is 9.67. The standard InChI is InChI=1S/C13H22O5Si2/c1-14-19(15-2)11-10-13(12-8-6-5-7-9-12)18-20(19,16-3)17-4/h5-9,13H,10-11H2,1-4H3. The summed E-state index contributed by atoms with van der Waals surface area (Å²) >= 11 is 0. The summed E-state index contributed by atoms with van der Waals surface area (Å²) in [6, 6.07) is 10.9. The van der Waals surface area contributed by atoms with Crippen molar-refractivity contribution in [1.82, 2.24) is 0 Å². The number of hydrogen-bond donors (Lipinski definition) is 0. The van der Waals surface area contributed by atoms with Gasteiger partial charge in [0.1, 0.15) is 0 Å². The fraction of sp³-hybridized carbons (Fsp3) is 0.538. The van der Waals surface area contributed by atoms with Crippen LogP contribution in [-0.4, -0.2) is 44.8 Å². The van der Waals surface area contributed by atoms with Gasteiger partial charge >= 0.3 is 16.4 Å². The van der Waals surface area contributed by atoms with E-state index in [0.29, 0.717) is 0 Å². The Bertz CT molecular complexity index is 420. The Morgan fingerprint density at radius 2 is 1.55 bits per heavy atom. The summed E-state index contributed by atoms with van der Waals surface area (Å²) < 4.78 is 29.1. The highest BCUT2D eigenvalue weighted by molar-refractivity contribution is 7.29.